The first-order valence-electron chi connectivity index (χ1n) is 6.59. The summed E-state index contributed by atoms with van der Waals surface area (Å²) in [5, 5.41) is 11.8. The molecule has 1 rings (SSSR count). The van der Waals surface area contributed by atoms with Gasteiger partial charge in [0.1, 0.15) is 6.04 Å². The van der Waals surface area contributed by atoms with Gasteiger partial charge in [-0.05, 0) is 38.6 Å². The van der Waals surface area contributed by atoms with Gasteiger partial charge in [0.25, 0.3) is 0 Å². The number of carbonyl (C=O) groups is 1. The van der Waals surface area contributed by atoms with E-state index in [0.717, 1.165) is 19.0 Å². The first-order valence-corrected chi connectivity index (χ1v) is 6.59. The highest BCUT2D eigenvalue weighted by Crippen LogP contribution is 2.26. The van der Waals surface area contributed by atoms with Crippen molar-refractivity contribution in [3.63, 3.8) is 0 Å². The molecular weight excluding hydrogens is 216 g/mol. The summed E-state index contributed by atoms with van der Waals surface area (Å²) in [6.45, 7) is 8.79. The molecular formula is C13H26N2O2. The molecule has 0 aromatic heterocycles. The number of nitrogens with one attached hydrogen (secondary N) is 1. The molecule has 0 bridgehead atoms. The molecule has 0 radical (unpaired) electrons. The molecule has 1 fully saturated rings. The maximum absolute atomic E-state index is 10.9. The van der Waals surface area contributed by atoms with Gasteiger partial charge in [-0.15, -0.1) is 0 Å². The average Bonchev–Trinajstić information content (AvgIpc) is 2.25. The minimum Gasteiger partial charge on any atom is -0.480 e. The number of nitrogens with zero attached hydrogens (tertiary/aromatic N) is 1. The summed E-state index contributed by atoms with van der Waals surface area (Å²) >= 11 is 0. The molecule has 4 unspecified atom stereocenters. The molecule has 100 valence electrons. The summed E-state index contributed by atoms with van der Waals surface area (Å²) < 4.78 is 0. The fourth-order valence-electron chi connectivity index (χ4n) is 2.81. The lowest BCUT2D eigenvalue weighted by Gasteiger charge is -2.41. The Kier molecular flexibility index (Phi) is 5.40. The van der Waals surface area contributed by atoms with Crippen LogP contribution in [0.4, 0.5) is 0 Å². The molecule has 0 saturated carbocycles. The van der Waals surface area contributed by atoms with Gasteiger partial charge >= 0.3 is 5.97 Å². The Balaban J connectivity index is 2.46. The van der Waals surface area contributed by atoms with E-state index in [1.54, 1.807) is 7.05 Å². The van der Waals surface area contributed by atoms with Crippen LogP contribution in [0.25, 0.3) is 0 Å². The number of likely N-dealkylation sites (N-methyl/N-ethyl adjacent to an activating group) is 1. The second kappa shape index (κ2) is 6.36. The lowest BCUT2D eigenvalue weighted by atomic mass is 9.86. The first kappa shape index (κ1) is 14.5. The van der Waals surface area contributed by atoms with Gasteiger partial charge in [-0.1, -0.05) is 13.8 Å². The fraction of sp³-hybridized carbons (Fsp3) is 0.923. The largest absolute Gasteiger partial charge is 0.480 e. The van der Waals surface area contributed by atoms with Gasteiger partial charge < -0.3 is 15.3 Å². The van der Waals surface area contributed by atoms with Crippen LogP contribution in [0.1, 0.15) is 33.6 Å². The van der Waals surface area contributed by atoms with Crippen molar-refractivity contribution in [1.29, 1.82) is 0 Å². The molecule has 4 nitrogen and oxygen atoms in total. The molecule has 2 N–H and O–H groups in total. The summed E-state index contributed by atoms with van der Waals surface area (Å²) in [4.78, 5) is 13.4. The zero-order valence-corrected chi connectivity index (χ0v) is 11.4. The Morgan fingerprint density at radius 2 is 2.12 bits per heavy atom. The SMILES string of the molecule is CNC(CCN1CC(C)CC(C)C1C)C(=O)O. The quantitative estimate of drug-likeness (QED) is 0.765. The summed E-state index contributed by atoms with van der Waals surface area (Å²) in [5.74, 6) is 0.675. The molecule has 0 aliphatic carbocycles. The Morgan fingerprint density at radius 3 is 2.65 bits per heavy atom. The molecule has 1 aliphatic rings. The smallest absolute Gasteiger partial charge is 0.320 e. The van der Waals surface area contributed by atoms with Crippen molar-refractivity contribution in [3.05, 3.63) is 0 Å². The van der Waals surface area contributed by atoms with Gasteiger partial charge in [0, 0.05) is 19.1 Å². The number of piperidine rings is 1. The number of hydrogen-bond acceptors (Lipinski definition) is 3. The Bertz CT molecular complexity index is 258. The maximum atomic E-state index is 10.9. The minimum absolute atomic E-state index is 0.422. The average molecular weight is 242 g/mol. The molecule has 17 heavy (non-hydrogen) atoms. The molecule has 1 aliphatic heterocycles. The molecule has 0 aromatic carbocycles. The van der Waals surface area contributed by atoms with Gasteiger partial charge in [0.05, 0.1) is 0 Å². The number of likely N-dealkylation sites (tertiary alicyclic amines) is 1. The molecule has 0 aromatic rings. The molecule has 4 atom stereocenters. The Labute approximate surface area is 104 Å². The van der Waals surface area contributed by atoms with E-state index in [9.17, 15) is 4.79 Å². The van der Waals surface area contributed by atoms with Crippen molar-refractivity contribution >= 4 is 5.97 Å². The van der Waals surface area contributed by atoms with E-state index in [0.29, 0.717) is 18.4 Å². The number of carboxylic acid groups (broad SMARTS) is 1. The van der Waals surface area contributed by atoms with E-state index in [2.05, 4.69) is 31.0 Å². The zero-order chi connectivity index (χ0) is 13.0. The maximum Gasteiger partial charge on any atom is 0.320 e. The van der Waals surface area contributed by atoms with Gasteiger partial charge in [-0.25, -0.2) is 0 Å². The second-order valence-corrected chi connectivity index (χ2v) is 5.52. The van der Waals surface area contributed by atoms with E-state index >= 15 is 0 Å². The Hall–Kier alpha value is -0.610. The van der Waals surface area contributed by atoms with Crippen LogP contribution in [0.3, 0.4) is 0 Å². The van der Waals surface area contributed by atoms with Crippen LogP contribution >= 0.6 is 0 Å². The summed E-state index contributed by atoms with van der Waals surface area (Å²) in [7, 11) is 1.71. The first-order chi connectivity index (χ1) is 7.95. The normalized spacial score (nSPS) is 32.4. The molecule has 0 spiro atoms. The Morgan fingerprint density at radius 1 is 1.47 bits per heavy atom. The van der Waals surface area contributed by atoms with Crippen LogP contribution < -0.4 is 5.32 Å². The van der Waals surface area contributed by atoms with E-state index in [4.69, 9.17) is 5.11 Å². The van der Waals surface area contributed by atoms with Crippen LogP contribution in [-0.2, 0) is 4.79 Å². The third-order valence-electron chi connectivity index (χ3n) is 4.07. The van der Waals surface area contributed by atoms with E-state index in [1.807, 2.05) is 0 Å². The summed E-state index contributed by atoms with van der Waals surface area (Å²) in [6.07, 6.45) is 1.96. The van der Waals surface area contributed by atoms with Crippen molar-refractivity contribution in [2.75, 3.05) is 20.1 Å². The predicted molar refractivity (Wildman–Crippen MR) is 69.1 cm³/mol. The minimum atomic E-state index is -0.752. The lowest BCUT2D eigenvalue weighted by Crippen LogP contribution is -2.48. The highest BCUT2D eigenvalue weighted by atomic mass is 16.4. The van der Waals surface area contributed by atoms with Gasteiger partial charge in [0.15, 0.2) is 0 Å². The third-order valence-corrected chi connectivity index (χ3v) is 4.07. The lowest BCUT2D eigenvalue weighted by molar-refractivity contribution is -0.139. The van der Waals surface area contributed by atoms with E-state index < -0.39 is 12.0 Å². The summed E-state index contributed by atoms with van der Waals surface area (Å²) in [5.41, 5.74) is 0. The van der Waals surface area contributed by atoms with Crippen molar-refractivity contribution in [3.8, 4) is 0 Å². The number of rotatable bonds is 5. The van der Waals surface area contributed by atoms with Crippen molar-refractivity contribution < 1.29 is 9.90 Å². The number of hydrogen-bond donors (Lipinski definition) is 2. The van der Waals surface area contributed by atoms with Crippen molar-refractivity contribution in [2.45, 2.75) is 45.7 Å². The predicted octanol–water partition coefficient (Wildman–Crippen LogP) is 1.42. The third kappa shape index (κ3) is 3.96. The zero-order valence-electron chi connectivity index (χ0n) is 11.4. The van der Waals surface area contributed by atoms with E-state index in [-0.39, 0.29) is 0 Å². The summed E-state index contributed by atoms with van der Waals surface area (Å²) in [6, 6.07) is 0.146. The van der Waals surface area contributed by atoms with Crippen LogP contribution in [0.5, 0.6) is 0 Å². The standard InChI is InChI=1S/C13H26N2O2/c1-9-7-10(2)11(3)15(8-9)6-5-12(14-4)13(16)17/h9-12,14H,5-8H2,1-4H3,(H,16,17). The highest BCUT2D eigenvalue weighted by Gasteiger charge is 2.29. The monoisotopic (exact) mass is 242 g/mol. The molecule has 1 heterocycles. The molecule has 4 heteroatoms. The molecule has 0 amide bonds. The second-order valence-electron chi connectivity index (χ2n) is 5.52. The van der Waals surface area contributed by atoms with Gasteiger partial charge in [-0.2, -0.15) is 0 Å². The van der Waals surface area contributed by atoms with Crippen LogP contribution in [0.2, 0.25) is 0 Å². The van der Waals surface area contributed by atoms with Gasteiger partial charge in [0.2, 0.25) is 0 Å². The fourth-order valence-corrected chi connectivity index (χ4v) is 2.81. The van der Waals surface area contributed by atoms with Crippen LogP contribution in [-0.4, -0.2) is 48.2 Å². The topological polar surface area (TPSA) is 52.6 Å². The van der Waals surface area contributed by atoms with Gasteiger partial charge in [-0.3, -0.25) is 4.79 Å². The van der Waals surface area contributed by atoms with Crippen LogP contribution in [0.15, 0.2) is 0 Å². The number of carboxylic acids is 1. The molecule has 1 saturated heterocycles. The number of aliphatic carboxylic acids is 1. The van der Waals surface area contributed by atoms with E-state index in [1.165, 1.54) is 6.42 Å². The van der Waals surface area contributed by atoms with Crippen molar-refractivity contribution in [2.24, 2.45) is 11.8 Å². The van der Waals surface area contributed by atoms with Crippen molar-refractivity contribution in [1.82, 2.24) is 10.2 Å². The highest BCUT2D eigenvalue weighted by molar-refractivity contribution is 5.73. The van der Waals surface area contributed by atoms with Crippen LogP contribution in [0, 0.1) is 11.8 Å².